The van der Waals surface area contributed by atoms with Gasteiger partial charge in [0.1, 0.15) is 16.9 Å². The second-order valence-electron chi connectivity index (χ2n) is 3.72. The molecule has 0 saturated carbocycles. The average Bonchev–Trinajstić information content (AvgIpc) is 2.30. The minimum absolute atomic E-state index is 0.122. The Hall–Kier alpha value is -0.990. The van der Waals surface area contributed by atoms with Crippen LogP contribution in [0.5, 0.6) is 0 Å². The summed E-state index contributed by atoms with van der Waals surface area (Å²) in [6, 6.07) is 0. The molecular formula is C13H21NO2S. The molecular weight excluding hydrogens is 234 g/mol. The number of nitrogens with zero attached hydrogens (tertiary/aromatic N) is 1. The van der Waals surface area contributed by atoms with Crippen molar-refractivity contribution >= 4 is 22.7 Å². The molecule has 0 bridgehead atoms. The maximum atomic E-state index is 11.4. The standard InChI is InChI=1S/C13H21NO2S/c1-5-7-17(8-6-2)10-11(3)12(9-14)13(15)16-4/h10H,5-8H2,1-4H3/b11-10+. The van der Waals surface area contributed by atoms with Gasteiger partial charge in [0, 0.05) is 16.5 Å². The van der Waals surface area contributed by atoms with Crippen molar-refractivity contribution < 1.29 is 9.53 Å². The summed E-state index contributed by atoms with van der Waals surface area (Å²) in [6.45, 7) is 6.10. The van der Waals surface area contributed by atoms with Gasteiger partial charge in [-0.3, -0.25) is 5.87 Å². The molecule has 3 nitrogen and oxygen atoms in total. The fourth-order valence-electron chi connectivity index (χ4n) is 1.45. The Balaban J connectivity index is 4.89. The number of esters is 1. The zero-order chi connectivity index (χ0) is 13.3. The van der Waals surface area contributed by atoms with Gasteiger partial charge in [0.25, 0.3) is 0 Å². The Morgan fingerprint density at radius 1 is 1.35 bits per heavy atom. The molecule has 0 aliphatic rings. The number of carbonyl (C=O) groups is 1. The summed E-state index contributed by atoms with van der Waals surface area (Å²) in [6.07, 6.45) is 2.24. The quantitative estimate of drug-likeness (QED) is 0.231. The average molecular weight is 255 g/mol. The largest absolute Gasteiger partial charge is 0.763 e. The number of hydrogen-bond donors (Lipinski definition) is 0. The third kappa shape index (κ3) is 5.76. The molecule has 0 unspecified atom stereocenters. The minimum Gasteiger partial charge on any atom is -0.763 e. The molecule has 0 aromatic rings. The van der Waals surface area contributed by atoms with Crippen molar-refractivity contribution in [1.82, 2.24) is 0 Å². The van der Waals surface area contributed by atoms with E-state index in [2.05, 4.69) is 24.0 Å². The van der Waals surface area contributed by atoms with Crippen molar-refractivity contribution in [3.05, 3.63) is 22.0 Å². The molecule has 0 heterocycles. The van der Waals surface area contributed by atoms with Gasteiger partial charge in [-0.15, -0.1) is 0 Å². The van der Waals surface area contributed by atoms with Crippen LogP contribution in [-0.4, -0.2) is 30.5 Å². The van der Waals surface area contributed by atoms with Gasteiger partial charge in [-0.05, 0) is 19.8 Å². The lowest BCUT2D eigenvalue weighted by atomic mass is 10.1. The van der Waals surface area contributed by atoms with Crippen LogP contribution in [0.1, 0.15) is 33.6 Å². The molecule has 0 atom stereocenters. The summed E-state index contributed by atoms with van der Waals surface area (Å²) in [5.74, 6) is 3.61. The van der Waals surface area contributed by atoms with Crippen molar-refractivity contribution in [2.75, 3.05) is 18.6 Å². The van der Waals surface area contributed by atoms with Crippen molar-refractivity contribution in [1.29, 1.82) is 0 Å². The highest BCUT2D eigenvalue weighted by molar-refractivity contribution is 7.99. The highest BCUT2D eigenvalue weighted by Crippen LogP contribution is 2.13. The molecule has 0 aliphatic heterocycles. The van der Waals surface area contributed by atoms with E-state index in [9.17, 15) is 4.79 Å². The summed E-state index contributed by atoms with van der Waals surface area (Å²) in [5, 5.41) is 11.0. The van der Waals surface area contributed by atoms with Gasteiger partial charge < -0.3 is 10.1 Å². The molecule has 0 spiro atoms. The van der Waals surface area contributed by atoms with Crippen molar-refractivity contribution in [3.8, 4) is 0 Å². The van der Waals surface area contributed by atoms with Crippen LogP contribution in [-0.2, 0) is 20.4 Å². The van der Waals surface area contributed by atoms with Crippen molar-refractivity contribution in [2.45, 2.75) is 33.6 Å². The topological polar surface area (TPSA) is 48.6 Å². The molecule has 0 aromatic carbocycles. The smallest absolute Gasteiger partial charge is 0.344 e. The maximum Gasteiger partial charge on any atom is 0.344 e. The lowest BCUT2D eigenvalue weighted by Crippen LogP contribution is -2.11. The summed E-state index contributed by atoms with van der Waals surface area (Å²) in [5.41, 5.74) is 0.863. The minimum atomic E-state index is -0.544. The van der Waals surface area contributed by atoms with E-state index in [1.807, 2.05) is 5.87 Å². The molecule has 0 fully saturated rings. The summed E-state index contributed by atoms with van der Waals surface area (Å²) >= 11 is 0. The number of methoxy groups -OCH3 is 1. The Morgan fingerprint density at radius 3 is 2.24 bits per heavy atom. The first-order chi connectivity index (χ1) is 8.10. The van der Waals surface area contributed by atoms with Gasteiger partial charge in [0.15, 0.2) is 0 Å². The van der Waals surface area contributed by atoms with E-state index in [-0.39, 0.29) is 16.5 Å². The molecule has 0 N–H and O–H groups in total. The Kier molecular flexibility index (Phi) is 8.55. The lowest BCUT2D eigenvalue weighted by molar-refractivity contribution is -0.135. The van der Waals surface area contributed by atoms with Crippen LogP contribution in [0.2, 0.25) is 0 Å². The van der Waals surface area contributed by atoms with Crippen LogP contribution in [0.4, 0.5) is 0 Å². The number of rotatable bonds is 7. The molecule has 0 aliphatic carbocycles. The fourth-order valence-corrected chi connectivity index (χ4v) is 3.56. The van der Waals surface area contributed by atoms with Crippen molar-refractivity contribution in [2.24, 2.45) is 0 Å². The second kappa shape index (κ2) is 9.08. The number of hydrogen-bond acceptors (Lipinski definition) is 2. The first kappa shape index (κ1) is 16.0. The first-order valence-corrected chi connectivity index (χ1v) is 7.43. The van der Waals surface area contributed by atoms with E-state index in [0.717, 1.165) is 29.9 Å². The maximum absolute atomic E-state index is 11.4. The van der Waals surface area contributed by atoms with E-state index in [0.29, 0.717) is 0 Å². The normalized spacial score (nSPS) is 11.2. The number of carbonyl (C=O) groups excluding carboxylic acids is 1. The van der Waals surface area contributed by atoms with Gasteiger partial charge in [0.05, 0.1) is 12.7 Å². The number of ether oxygens (including phenoxy) is 1. The third-order valence-electron chi connectivity index (χ3n) is 2.17. The van der Waals surface area contributed by atoms with Crippen LogP contribution < -0.4 is 0 Å². The molecule has 0 amide bonds. The zero-order valence-electron chi connectivity index (χ0n) is 11.1. The Bertz CT molecular complexity index is 324. The Morgan fingerprint density at radius 2 is 1.88 bits per heavy atom. The van der Waals surface area contributed by atoms with E-state index < -0.39 is 5.97 Å². The molecule has 96 valence electrons. The van der Waals surface area contributed by atoms with Gasteiger partial charge in [-0.1, -0.05) is 13.8 Å². The molecule has 17 heavy (non-hydrogen) atoms. The molecule has 0 saturated heterocycles. The predicted molar refractivity (Wildman–Crippen MR) is 75.3 cm³/mol. The Labute approximate surface area is 107 Å². The van der Waals surface area contributed by atoms with E-state index in [4.69, 9.17) is 5.41 Å². The molecule has 4 heteroatoms. The van der Waals surface area contributed by atoms with Crippen LogP contribution >= 0.6 is 0 Å². The van der Waals surface area contributed by atoms with E-state index >= 15 is 0 Å². The highest BCUT2D eigenvalue weighted by Gasteiger charge is 2.17. The van der Waals surface area contributed by atoms with Gasteiger partial charge in [-0.2, -0.15) is 0 Å². The van der Waals surface area contributed by atoms with Gasteiger partial charge >= 0.3 is 5.97 Å². The second-order valence-corrected chi connectivity index (χ2v) is 5.85. The SMILES string of the molecule is CCC[S+](/C=C(\C)C(=C=[N-])C(=O)OC)CCC. The zero-order valence-corrected chi connectivity index (χ0v) is 11.9. The monoisotopic (exact) mass is 255 g/mol. The van der Waals surface area contributed by atoms with E-state index in [1.165, 1.54) is 7.11 Å². The molecule has 0 radical (unpaired) electrons. The molecule has 0 aromatic heterocycles. The lowest BCUT2D eigenvalue weighted by Gasteiger charge is -2.06. The highest BCUT2D eigenvalue weighted by atomic mass is 32.2. The van der Waals surface area contributed by atoms with E-state index in [1.54, 1.807) is 6.92 Å². The van der Waals surface area contributed by atoms with Crippen LogP contribution in [0.15, 0.2) is 16.6 Å². The van der Waals surface area contributed by atoms with Crippen LogP contribution in [0.25, 0.3) is 5.41 Å². The fraction of sp³-hybridized carbons (Fsp3) is 0.615. The summed E-state index contributed by atoms with van der Waals surface area (Å²) in [7, 11) is 1.46. The van der Waals surface area contributed by atoms with Gasteiger partial charge in [0.2, 0.25) is 0 Å². The van der Waals surface area contributed by atoms with Gasteiger partial charge in [-0.25, -0.2) is 4.79 Å². The summed E-state index contributed by atoms with van der Waals surface area (Å²) in [4.78, 5) is 11.4. The predicted octanol–water partition coefficient (Wildman–Crippen LogP) is 2.67. The van der Waals surface area contributed by atoms with Crippen molar-refractivity contribution in [3.63, 3.8) is 0 Å². The summed E-state index contributed by atoms with van der Waals surface area (Å²) < 4.78 is 4.59. The third-order valence-corrected chi connectivity index (χ3v) is 4.72. The van der Waals surface area contributed by atoms with Crippen LogP contribution in [0, 0.1) is 0 Å². The van der Waals surface area contributed by atoms with Crippen LogP contribution in [0.3, 0.4) is 0 Å². The molecule has 0 rings (SSSR count). The first-order valence-electron chi connectivity index (χ1n) is 5.81.